The molecule has 1 aromatic carbocycles. The SMILES string of the molecule is CCOC(=O)[C@@H]1CCCN(S(=O)(=O)c2cc(N3C(=O)CCS3(=O)=O)ccc2OCC)C1. The molecule has 2 aliphatic rings. The summed E-state index contributed by atoms with van der Waals surface area (Å²) in [6.45, 7) is 3.93. The van der Waals surface area contributed by atoms with Crippen molar-refractivity contribution in [3.05, 3.63) is 18.2 Å². The van der Waals surface area contributed by atoms with Crippen molar-refractivity contribution in [3.8, 4) is 5.75 Å². The number of ether oxygens (including phenoxy) is 2. The van der Waals surface area contributed by atoms with Crippen LogP contribution in [0.25, 0.3) is 0 Å². The van der Waals surface area contributed by atoms with Gasteiger partial charge in [-0.05, 0) is 44.9 Å². The third kappa shape index (κ3) is 4.70. The number of hydrogen-bond donors (Lipinski definition) is 0. The molecule has 0 N–H and O–H groups in total. The number of carbonyl (C=O) groups is 2. The summed E-state index contributed by atoms with van der Waals surface area (Å²) < 4.78 is 63.8. The van der Waals surface area contributed by atoms with Gasteiger partial charge in [-0.3, -0.25) is 9.59 Å². The van der Waals surface area contributed by atoms with E-state index in [1.165, 1.54) is 16.4 Å². The number of esters is 1. The number of benzene rings is 1. The zero-order chi connectivity index (χ0) is 22.8. The minimum Gasteiger partial charge on any atom is -0.492 e. The molecule has 31 heavy (non-hydrogen) atoms. The Morgan fingerprint density at radius 1 is 1.23 bits per heavy atom. The fraction of sp³-hybridized carbons (Fsp3) is 0.579. The Kier molecular flexibility index (Phi) is 6.92. The van der Waals surface area contributed by atoms with Crippen molar-refractivity contribution in [1.82, 2.24) is 4.31 Å². The highest BCUT2D eigenvalue weighted by Crippen LogP contribution is 2.35. The van der Waals surface area contributed by atoms with Gasteiger partial charge in [0.05, 0.1) is 30.6 Å². The van der Waals surface area contributed by atoms with Crippen LogP contribution in [0.15, 0.2) is 23.1 Å². The Hall–Kier alpha value is -2.18. The summed E-state index contributed by atoms with van der Waals surface area (Å²) in [7, 11) is -7.99. The van der Waals surface area contributed by atoms with Crippen LogP contribution in [0.5, 0.6) is 5.75 Å². The predicted octanol–water partition coefficient (Wildman–Crippen LogP) is 1.12. The van der Waals surface area contributed by atoms with E-state index in [4.69, 9.17) is 9.47 Å². The molecule has 2 fully saturated rings. The van der Waals surface area contributed by atoms with Crippen molar-refractivity contribution in [2.45, 2.75) is 38.0 Å². The van der Waals surface area contributed by atoms with Crippen molar-refractivity contribution in [1.29, 1.82) is 0 Å². The summed E-state index contributed by atoms with van der Waals surface area (Å²) in [5.74, 6) is -1.92. The van der Waals surface area contributed by atoms with E-state index in [2.05, 4.69) is 0 Å². The van der Waals surface area contributed by atoms with E-state index in [1.807, 2.05) is 0 Å². The van der Waals surface area contributed by atoms with Crippen molar-refractivity contribution in [2.24, 2.45) is 5.92 Å². The molecule has 0 aliphatic carbocycles. The molecule has 0 saturated carbocycles. The summed E-state index contributed by atoms with van der Waals surface area (Å²) in [5.41, 5.74) is -0.0523. The fourth-order valence-electron chi connectivity index (χ4n) is 3.72. The molecule has 12 heteroatoms. The Labute approximate surface area is 182 Å². The first kappa shape index (κ1) is 23.5. The van der Waals surface area contributed by atoms with Crippen LogP contribution in [0.2, 0.25) is 0 Å². The molecule has 172 valence electrons. The van der Waals surface area contributed by atoms with Crippen LogP contribution in [0.4, 0.5) is 5.69 Å². The zero-order valence-electron chi connectivity index (χ0n) is 17.4. The Morgan fingerprint density at radius 3 is 2.58 bits per heavy atom. The van der Waals surface area contributed by atoms with Gasteiger partial charge >= 0.3 is 5.97 Å². The van der Waals surface area contributed by atoms with E-state index in [9.17, 15) is 26.4 Å². The molecule has 2 heterocycles. The van der Waals surface area contributed by atoms with E-state index >= 15 is 0 Å². The molecule has 0 spiro atoms. The standard InChI is InChI=1S/C19H26N2O8S2/c1-3-28-16-8-7-15(21-18(22)9-11-30(21,24)25)12-17(16)31(26,27)20-10-5-6-14(13-20)19(23)29-4-2/h7-8,12,14H,3-6,9-11,13H2,1-2H3/t14-/m1/s1. The summed E-state index contributed by atoms with van der Waals surface area (Å²) in [6.07, 6.45) is 0.833. The van der Waals surface area contributed by atoms with E-state index in [0.717, 1.165) is 6.07 Å². The first-order valence-corrected chi connectivity index (χ1v) is 13.2. The summed E-state index contributed by atoms with van der Waals surface area (Å²) in [5, 5.41) is 0. The number of amides is 1. The van der Waals surface area contributed by atoms with Crippen molar-refractivity contribution >= 4 is 37.6 Å². The second-order valence-corrected chi connectivity index (χ2v) is 11.1. The van der Waals surface area contributed by atoms with Crippen molar-refractivity contribution in [3.63, 3.8) is 0 Å². The predicted molar refractivity (Wildman–Crippen MR) is 112 cm³/mol. The largest absolute Gasteiger partial charge is 0.492 e. The molecule has 0 aromatic heterocycles. The molecule has 0 bridgehead atoms. The average Bonchev–Trinajstić information content (AvgIpc) is 3.01. The van der Waals surface area contributed by atoms with Crippen LogP contribution in [-0.4, -0.2) is 65.1 Å². The number of hydrogen-bond acceptors (Lipinski definition) is 8. The highest BCUT2D eigenvalue weighted by Gasteiger charge is 2.39. The normalized spacial score (nSPS) is 21.8. The molecular formula is C19H26N2O8S2. The van der Waals surface area contributed by atoms with E-state index in [1.54, 1.807) is 13.8 Å². The van der Waals surface area contributed by atoms with Gasteiger partial charge in [0.1, 0.15) is 10.6 Å². The van der Waals surface area contributed by atoms with Crippen LogP contribution in [0, 0.1) is 5.92 Å². The highest BCUT2D eigenvalue weighted by molar-refractivity contribution is 7.94. The monoisotopic (exact) mass is 474 g/mol. The molecule has 10 nitrogen and oxygen atoms in total. The lowest BCUT2D eigenvalue weighted by molar-refractivity contribution is -0.149. The molecule has 1 atom stereocenters. The van der Waals surface area contributed by atoms with Crippen LogP contribution in [0.1, 0.15) is 33.1 Å². The fourth-order valence-corrected chi connectivity index (χ4v) is 6.85. The van der Waals surface area contributed by atoms with Gasteiger partial charge in [-0.2, -0.15) is 4.31 Å². The Balaban J connectivity index is 2.01. The summed E-state index contributed by atoms with van der Waals surface area (Å²) in [4.78, 5) is 24.0. The molecule has 0 unspecified atom stereocenters. The molecule has 1 aromatic rings. The lowest BCUT2D eigenvalue weighted by Gasteiger charge is -2.31. The second-order valence-electron chi connectivity index (χ2n) is 7.24. The van der Waals surface area contributed by atoms with Crippen LogP contribution in [-0.2, 0) is 34.4 Å². The first-order chi connectivity index (χ1) is 14.6. The number of sulfonamides is 2. The maximum Gasteiger partial charge on any atom is 0.310 e. The maximum absolute atomic E-state index is 13.5. The van der Waals surface area contributed by atoms with Gasteiger partial charge in [0.25, 0.3) is 0 Å². The van der Waals surface area contributed by atoms with Gasteiger partial charge in [-0.15, -0.1) is 0 Å². The van der Waals surface area contributed by atoms with Crippen LogP contribution >= 0.6 is 0 Å². The highest BCUT2D eigenvalue weighted by atomic mass is 32.2. The molecule has 1 amide bonds. The van der Waals surface area contributed by atoms with Gasteiger partial charge in [0.2, 0.25) is 26.0 Å². The van der Waals surface area contributed by atoms with Crippen LogP contribution in [0.3, 0.4) is 0 Å². The van der Waals surface area contributed by atoms with Gasteiger partial charge < -0.3 is 9.47 Å². The van der Waals surface area contributed by atoms with E-state index in [-0.39, 0.29) is 54.8 Å². The minimum atomic E-state index is -4.14. The van der Waals surface area contributed by atoms with E-state index in [0.29, 0.717) is 17.1 Å². The third-order valence-corrected chi connectivity index (χ3v) is 8.74. The second kappa shape index (κ2) is 9.13. The van der Waals surface area contributed by atoms with Gasteiger partial charge in [-0.1, -0.05) is 0 Å². The quantitative estimate of drug-likeness (QED) is 0.538. The van der Waals surface area contributed by atoms with Crippen molar-refractivity contribution in [2.75, 3.05) is 36.4 Å². The molecular weight excluding hydrogens is 448 g/mol. The lowest BCUT2D eigenvalue weighted by Crippen LogP contribution is -2.43. The molecule has 0 radical (unpaired) electrons. The number of nitrogens with zero attached hydrogens (tertiary/aromatic N) is 2. The third-order valence-electron chi connectivity index (χ3n) is 5.16. The Bertz CT molecular complexity index is 1070. The molecule has 3 rings (SSSR count). The van der Waals surface area contributed by atoms with Gasteiger partial charge in [0, 0.05) is 19.5 Å². The number of rotatable bonds is 7. The summed E-state index contributed by atoms with van der Waals surface area (Å²) in [6, 6.07) is 3.84. The minimum absolute atomic E-state index is 0.0437. The number of piperidine rings is 1. The number of anilines is 1. The number of carbonyl (C=O) groups excluding carboxylic acids is 2. The Morgan fingerprint density at radius 2 is 1.97 bits per heavy atom. The van der Waals surface area contributed by atoms with E-state index < -0.39 is 37.8 Å². The smallest absolute Gasteiger partial charge is 0.310 e. The summed E-state index contributed by atoms with van der Waals surface area (Å²) >= 11 is 0. The lowest BCUT2D eigenvalue weighted by atomic mass is 10.0. The van der Waals surface area contributed by atoms with Crippen molar-refractivity contribution < 1.29 is 35.9 Å². The maximum atomic E-state index is 13.5. The molecule has 2 aliphatic heterocycles. The average molecular weight is 475 g/mol. The topological polar surface area (TPSA) is 127 Å². The van der Waals surface area contributed by atoms with Crippen LogP contribution < -0.4 is 9.04 Å². The first-order valence-electron chi connectivity index (χ1n) is 10.1. The molecule has 2 saturated heterocycles. The zero-order valence-corrected chi connectivity index (χ0v) is 19.1. The van der Waals surface area contributed by atoms with Gasteiger partial charge in [-0.25, -0.2) is 21.1 Å². The van der Waals surface area contributed by atoms with Gasteiger partial charge in [0.15, 0.2) is 0 Å².